The number of hydrogen-bond donors (Lipinski definition) is 0. The average molecular weight is 930 g/mol. The molecule has 1 aliphatic heterocycles. The Labute approximate surface area is 343 Å². The van der Waals surface area contributed by atoms with Gasteiger partial charge in [-0.1, -0.05) is 37.1 Å². The summed E-state index contributed by atoms with van der Waals surface area (Å²) >= 11 is 0. The van der Waals surface area contributed by atoms with Gasteiger partial charge in [0.15, 0.2) is 9.84 Å². The number of aromatic nitrogens is 4. The second-order valence-corrected chi connectivity index (χ2v) is 16.1. The van der Waals surface area contributed by atoms with Crippen LogP contribution in [0.25, 0.3) is 55.3 Å². The van der Waals surface area contributed by atoms with Crippen molar-refractivity contribution in [1.29, 1.82) is 0 Å². The number of hydrogen-bond acceptors (Lipinski definition) is 6. The summed E-state index contributed by atoms with van der Waals surface area (Å²) in [6.45, 7) is 16.3. The van der Waals surface area contributed by atoms with E-state index in [-0.39, 0.29) is 25.0 Å². The molecule has 0 radical (unpaired) electrons. The van der Waals surface area contributed by atoms with Crippen LogP contribution in [0.3, 0.4) is 0 Å². The zero-order valence-corrected chi connectivity index (χ0v) is 35.9. The zero-order chi connectivity index (χ0) is 39.0. The van der Waals surface area contributed by atoms with E-state index in [0.717, 1.165) is 50.1 Å². The van der Waals surface area contributed by atoms with Gasteiger partial charge in [0.1, 0.15) is 0 Å². The van der Waals surface area contributed by atoms with Crippen LogP contribution in [0.4, 0.5) is 0 Å². The van der Waals surface area contributed by atoms with Crippen molar-refractivity contribution in [3.8, 4) is 33.8 Å². The van der Waals surface area contributed by atoms with Gasteiger partial charge < -0.3 is 15.0 Å². The molecule has 0 unspecified atom stereocenters. The van der Waals surface area contributed by atoms with E-state index in [1.165, 1.54) is 33.4 Å². The molecular formula is C48H41IrN4O2S. The topological polar surface area (TPSA) is 85.7 Å². The Balaban J connectivity index is 0.000000150. The third kappa shape index (κ3) is 7.96. The fourth-order valence-electron chi connectivity index (χ4n) is 6.60. The monoisotopic (exact) mass is 930 g/mol. The number of aryl methyl sites for hydroxylation is 8. The molecule has 56 heavy (non-hydrogen) atoms. The Bertz CT molecular complexity index is 2760. The van der Waals surface area contributed by atoms with E-state index in [9.17, 15) is 8.42 Å². The van der Waals surface area contributed by atoms with Crippen molar-refractivity contribution in [2.24, 2.45) is 0 Å². The molecule has 6 nitrogen and oxygen atoms in total. The van der Waals surface area contributed by atoms with Gasteiger partial charge in [0.2, 0.25) is 0 Å². The molecule has 0 saturated carbocycles. The summed E-state index contributed by atoms with van der Waals surface area (Å²) in [6.07, 6.45) is 5.56. The van der Waals surface area contributed by atoms with Crippen molar-refractivity contribution in [2.75, 3.05) is 0 Å². The van der Waals surface area contributed by atoms with Gasteiger partial charge in [-0.2, -0.15) is 0 Å². The van der Waals surface area contributed by atoms with Gasteiger partial charge in [-0.15, -0.1) is 101 Å². The van der Waals surface area contributed by atoms with Crippen LogP contribution in [0.2, 0.25) is 0 Å². The van der Waals surface area contributed by atoms with Crippen LogP contribution >= 0.6 is 0 Å². The number of sulfone groups is 1. The summed E-state index contributed by atoms with van der Waals surface area (Å²) in [5.41, 5.74) is 14.5. The third-order valence-corrected chi connectivity index (χ3v) is 11.8. The van der Waals surface area contributed by atoms with Crippen LogP contribution in [-0.4, -0.2) is 28.4 Å². The number of fused-ring (bicyclic) bond motifs is 4. The van der Waals surface area contributed by atoms with E-state index < -0.39 is 9.84 Å². The summed E-state index contributed by atoms with van der Waals surface area (Å²) < 4.78 is 26.5. The van der Waals surface area contributed by atoms with Gasteiger partial charge in [-0.05, 0) is 109 Å². The first-order valence-electron chi connectivity index (χ1n) is 18.1. The Morgan fingerprint density at radius 3 is 1.70 bits per heavy atom. The van der Waals surface area contributed by atoms with Crippen LogP contribution in [0.5, 0.6) is 0 Å². The smallest absolute Gasteiger partial charge is 0.304 e. The van der Waals surface area contributed by atoms with Crippen molar-refractivity contribution in [2.45, 2.75) is 65.2 Å². The summed E-state index contributed by atoms with van der Waals surface area (Å²) in [5, 5.41) is 3.42. The second-order valence-electron chi connectivity index (χ2n) is 14.2. The van der Waals surface area contributed by atoms with Gasteiger partial charge in [-0.25, -0.2) is 8.42 Å². The van der Waals surface area contributed by atoms with Crippen molar-refractivity contribution >= 4 is 31.4 Å². The van der Waals surface area contributed by atoms with Crippen LogP contribution in [0.15, 0.2) is 113 Å². The summed E-state index contributed by atoms with van der Waals surface area (Å²) in [5.74, 6) is 0. The quantitative estimate of drug-likeness (QED) is 0.127. The molecular weight excluding hydrogens is 889 g/mol. The van der Waals surface area contributed by atoms with Crippen molar-refractivity contribution < 1.29 is 28.5 Å². The fourth-order valence-corrected chi connectivity index (χ4v) is 8.27. The molecule has 0 N–H and O–H groups in total. The minimum Gasteiger partial charge on any atom is -0.304 e. The molecule has 0 atom stereocenters. The van der Waals surface area contributed by atoms with Crippen LogP contribution in [0, 0.1) is 73.6 Å². The molecule has 4 aromatic heterocycles. The van der Waals surface area contributed by atoms with Crippen LogP contribution < -0.4 is 0 Å². The average Bonchev–Trinajstić information content (AvgIpc) is 3.17. The third-order valence-electron chi connectivity index (χ3n) is 10.0. The largest absolute Gasteiger partial charge is 3.00 e. The maximum atomic E-state index is 13.2. The molecule has 0 spiro atoms. The number of rotatable bonds is 2. The Morgan fingerprint density at radius 1 is 0.571 bits per heavy atom. The van der Waals surface area contributed by atoms with E-state index in [1.54, 1.807) is 30.5 Å². The van der Waals surface area contributed by atoms with Gasteiger partial charge in [0.25, 0.3) is 0 Å². The van der Waals surface area contributed by atoms with Crippen molar-refractivity contribution in [3.63, 3.8) is 0 Å². The minimum atomic E-state index is -3.63. The molecule has 0 aliphatic carbocycles. The first-order chi connectivity index (χ1) is 26.3. The first kappa shape index (κ1) is 40.3. The van der Waals surface area contributed by atoms with E-state index in [1.807, 2.05) is 50.5 Å². The number of benzene rings is 4. The number of nitrogens with zero attached hydrogens (tertiary/aromatic N) is 4. The molecule has 1 aliphatic rings. The molecule has 4 aromatic carbocycles. The molecule has 0 saturated heterocycles. The SMILES string of the molecule is Cc1c[c-]c(-c2cc(C)c(C)cn2)cc1.Cc1c[c-]c(-c2cc(C)c(C)cn2)cc1.Cc1cc2c(cc3c4c(nccc42)-c2[c-]cccc2S3(=O)=O)c(C)n1.[Ir+3]. The molecule has 0 bridgehead atoms. The maximum absolute atomic E-state index is 13.2. The summed E-state index contributed by atoms with van der Waals surface area (Å²) in [7, 11) is -3.63. The van der Waals surface area contributed by atoms with Crippen molar-refractivity contribution in [3.05, 3.63) is 166 Å². The van der Waals surface area contributed by atoms with Gasteiger partial charge in [0.05, 0.1) is 4.90 Å². The Hall–Kier alpha value is -5.40. The van der Waals surface area contributed by atoms with Crippen LogP contribution in [0.1, 0.15) is 44.8 Å². The number of pyridine rings is 4. The maximum Gasteiger partial charge on any atom is 3.00 e. The molecule has 5 heterocycles. The van der Waals surface area contributed by atoms with Gasteiger partial charge >= 0.3 is 20.1 Å². The van der Waals surface area contributed by atoms with Crippen LogP contribution in [-0.2, 0) is 29.9 Å². The molecule has 9 rings (SSSR count). The summed E-state index contributed by atoms with van der Waals surface area (Å²) in [4.78, 5) is 18.4. The molecule has 8 aromatic rings. The van der Waals surface area contributed by atoms with Crippen molar-refractivity contribution in [1.82, 2.24) is 19.9 Å². The Morgan fingerprint density at radius 2 is 1.16 bits per heavy atom. The Kier molecular flexibility index (Phi) is 11.8. The predicted octanol–water partition coefficient (Wildman–Crippen LogP) is 11.0. The van der Waals surface area contributed by atoms with E-state index in [0.29, 0.717) is 21.5 Å². The molecule has 8 heteroatoms. The summed E-state index contributed by atoms with van der Waals surface area (Å²) in [6, 6.07) is 36.7. The van der Waals surface area contributed by atoms with E-state index in [4.69, 9.17) is 0 Å². The normalized spacial score (nSPS) is 12.1. The van der Waals surface area contributed by atoms with Gasteiger partial charge in [-0.3, -0.25) is 4.98 Å². The molecule has 0 amide bonds. The molecule has 280 valence electrons. The first-order valence-corrected chi connectivity index (χ1v) is 19.6. The fraction of sp³-hybridized carbons (Fsp3) is 0.167. The second kappa shape index (κ2) is 16.4. The standard InChI is InChI=1S/C20H13N2O2S.2C14H14N.Ir/c1-11-9-16-13-7-8-21-20-14-5-3-4-6-17(14)25(23,24)18(19(13)20)10-15(16)12(2)22-11;2*1-10-4-6-13(7-5-10)14-8-11(2)12(3)9-15-14;/h3-4,6-10H,1-2H3;2*4-6,8-9H,1-3H3;/q3*-1;+3. The minimum absolute atomic E-state index is 0. The van der Waals surface area contributed by atoms with E-state index in [2.05, 4.69) is 116 Å². The van der Waals surface area contributed by atoms with E-state index >= 15 is 0 Å². The zero-order valence-electron chi connectivity index (χ0n) is 32.7. The van der Waals surface area contributed by atoms with Gasteiger partial charge in [0, 0.05) is 35.4 Å². The molecule has 0 fully saturated rings. The predicted molar refractivity (Wildman–Crippen MR) is 222 cm³/mol.